The summed E-state index contributed by atoms with van der Waals surface area (Å²) in [5.41, 5.74) is 2.66. The van der Waals surface area contributed by atoms with Gasteiger partial charge in [0.2, 0.25) is 11.8 Å². The normalized spacial score (nSPS) is 11.5. The molecule has 0 saturated heterocycles. The second-order valence-corrected chi connectivity index (χ2v) is 8.17. The van der Waals surface area contributed by atoms with Crippen molar-refractivity contribution in [2.24, 2.45) is 0 Å². The number of hydrogen-bond donors (Lipinski definition) is 1. The van der Waals surface area contributed by atoms with Crippen LogP contribution < -0.4 is 10.1 Å². The summed E-state index contributed by atoms with van der Waals surface area (Å²) in [7, 11) is 1.61. The minimum atomic E-state index is -0.704. The molecule has 5 nitrogen and oxygen atoms in total. The first-order valence-corrected chi connectivity index (χ1v) is 11.5. The molecule has 0 aliphatic heterocycles. The molecule has 3 aromatic carbocycles. The van der Waals surface area contributed by atoms with Crippen LogP contribution >= 0.6 is 0 Å². The highest BCUT2D eigenvalue weighted by molar-refractivity contribution is 5.88. The molecule has 178 valence electrons. The number of rotatable bonds is 11. The Morgan fingerprint density at radius 1 is 0.912 bits per heavy atom. The van der Waals surface area contributed by atoms with Gasteiger partial charge in [0.15, 0.2) is 0 Å². The molecule has 3 rings (SSSR count). The smallest absolute Gasteiger partial charge is 0.243 e. The van der Waals surface area contributed by atoms with Crippen LogP contribution in [0, 0.1) is 5.82 Å². The predicted octanol–water partition coefficient (Wildman–Crippen LogP) is 4.89. The molecule has 6 heteroatoms. The maximum absolute atomic E-state index is 13.4. The Hall–Kier alpha value is -3.67. The number of amides is 2. The molecule has 34 heavy (non-hydrogen) atoms. The van der Waals surface area contributed by atoms with Crippen LogP contribution in [-0.2, 0) is 29.1 Å². The topological polar surface area (TPSA) is 58.6 Å². The fourth-order valence-electron chi connectivity index (χ4n) is 3.75. The average Bonchev–Trinajstić information content (AvgIpc) is 2.87. The third-order valence-electron chi connectivity index (χ3n) is 5.63. The zero-order chi connectivity index (χ0) is 24.3. The van der Waals surface area contributed by atoms with E-state index in [-0.39, 0.29) is 24.2 Å². The molecular weight excluding hydrogens is 431 g/mol. The van der Waals surface area contributed by atoms with Crippen LogP contribution in [0.4, 0.5) is 4.39 Å². The molecule has 1 N–H and O–H groups in total. The summed E-state index contributed by atoms with van der Waals surface area (Å²) in [5, 5.41) is 3.00. The van der Waals surface area contributed by atoms with Gasteiger partial charge in [0.1, 0.15) is 17.6 Å². The lowest BCUT2D eigenvalue weighted by molar-refractivity contribution is -0.141. The summed E-state index contributed by atoms with van der Waals surface area (Å²) in [4.78, 5) is 28.2. The maximum Gasteiger partial charge on any atom is 0.243 e. The predicted molar refractivity (Wildman–Crippen MR) is 131 cm³/mol. The Bertz CT molecular complexity index is 1050. The number of methoxy groups -OCH3 is 1. The molecule has 0 aliphatic rings. The summed E-state index contributed by atoms with van der Waals surface area (Å²) >= 11 is 0. The van der Waals surface area contributed by atoms with Crippen molar-refractivity contribution in [3.8, 4) is 5.75 Å². The monoisotopic (exact) mass is 462 g/mol. The molecule has 0 fully saturated rings. The summed E-state index contributed by atoms with van der Waals surface area (Å²) in [5.74, 6) is 0.0690. The number of ether oxygens (including phenoxy) is 1. The van der Waals surface area contributed by atoms with E-state index in [1.165, 1.54) is 12.1 Å². The zero-order valence-electron chi connectivity index (χ0n) is 19.7. The molecule has 0 aliphatic carbocycles. The van der Waals surface area contributed by atoms with Gasteiger partial charge in [-0.05, 0) is 47.4 Å². The van der Waals surface area contributed by atoms with E-state index < -0.39 is 6.04 Å². The van der Waals surface area contributed by atoms with Crippen LogP contribution in [0.5, 0.6) is 5.75 Å². The second kappa shape index (κ2) is 12.5. The largest absolute Gasteiger partial charge is 0.497 e. The molecule has 0 spiro atoms. The number of benzene rings is 3. The van der Waals surface area contributed by atoms with E-state index in [0.29, 0.717) is 25.8 Å². The van der Waals surface area contributed by atoms with Crippen molar-refractivity contribution >= 4 is 11.8 Å². The van der Waals surface area contributed by atoms with Crippen LogP contribution in [0.25, 0.3) is 0 Å². The minimum Gasteiger partial charge on any atom is -0.497 e. The van der Waals surface area contributed by atoms with Crippen molar-refractivity contribution in [2.45, 2.75) is 45.3 Å². The number of nitrogens with zero attached hydrogens (tertiary/aromatic N) is 1. The third-order valence-corrected chi connectivity index (χ3v) is 5.63. The van der Waals surface area contributed by atoms with Crippen LogP contribution in [-0.4, -0.2) is 29.9 Å². The quantitative estimate of drug-likeness (QED) is 0.441. The van der Waals surface area contributed by atoms with Crippen LogP contribution in [0.3, 0.4) is 0 Å². The highest BCUT2D eigenvalue weighted by Crippen LogP contribution is 2.17. The van der Waals surface area contributed by atoms with Crippen LogP contribution in [0.1, 0.15) is 36.5 Å². The molecule has 2 amide bonds. The number of carbonyl (C=O) groups excluding carboxylic acids is 2. The first kappa shape index (κ1) is 25.0. The van der Waals surface area contributed by atoms with E-state index in [1.807, 2.05) is 61.5 Å². The van der Waals surface area contributed by atoms with E-state index in [2.05, 4.69) is 5.32 Å². The van der Waals surface area contributed by atoms with E-state index in [4.69, 9.17) is 4.74 Å². The van der Waals surface area contributed by atoms with Crippen LogP contribution in [0.15, 0.2) is 78.9 Å². The van der Waals surface area contributed by atoms with E-state index in [9.17, 15) is 14.0 Å². The standard InChI is InChI=1S/C28H31FN2O3/c1-3-7-27(32)31(20-23-10-14-24(29)15-11-23)26(18-21-8-5-4-6-9-21)28(33)30-19-22-12-16-25(34-2)17-13-22/h4-6,8-17,26H,3,7,18-20H2,1-2H3,(H,30,33). The van der Waals surface area contributed by atoms with Gasteiger partial charge >= 0.3 is 0 Å². The Labute approximate surface area is 200 Å². The van der Waals surface area contributed by atoms with Gasteiger partial charge in [-0.2, -0.15) is 0 Å². The lowest BCUT2D eigenvalue weighted by Gasteiger charge is -2.31. The van der Waals surface area contributed by atoms with Crippen molar-refractivity contribution in [3.63, 3.8) is 0 Å². The average molecular weight is 463 g/mol. The Morgan fingerprint density at radius 2 is 1.56 bits per heavy atom. The lowest BCUT2D eigenvalue weighted by Crippen LogP contribution is -2.50. The fraction of sp³-hybridized carbons (Fsp3) is 0.286. The van der Waals surface area contributed by atoms with Gasteiger partial charge in [-0.1, -0.05) is 61.5 Å². The summed E-state index contributed by atoms with van der Waals surface area (Å²) in [6.07, 6.45) is 1.38. The van der Waals surface area contributed by atoms with Crippen molar-refractivity contribution in [2.75, 3.05) is 7.11 Å². The molecule has 0 aromatic heterocycles. The Balaban J connectivity index is 1.85. The van der Waals surface area contributed by atoms with E-state index >= 15 is 0 Å². The number of hydrogen-bond acceptors (Lipinski definition) is 3. The van der Waals surface area contributed by atoms with Crippen molar-refractivity contribution in [3.05, 3.63) is 101 Å². The summed E-state index contributed by atoms with van der Waals surface area (Å²) in [6, 6.07) is 22.4. The Morgan fingerprint density at radius 3 is 2.18 bits per heavy atom. The van der Waals surface area contributed by atoms with Crippen molar-refractivity contribution in [1.82, 2.24) is 10.2 Å². The molecule has 3 aromatic rings. The van der Waals surface area contributed by atoms with Crippen molar-refractivity contribution in [1.29, 1.82) is 0 Å². The second-order valence-electron chi connectivity index (χ2n) is 8.17. The highest BCUT2D eigenvalue weighted by Gasteiger charge is 2.29. The van der Waals surface area contributed by atoms with E-state index in [0.717, 1.165) is 22.4 Å². The molecular formula is C28H31FN2O3. The summed E-state index contributed by atoms with van der Waals surface area (Å²) < 4.78 is 18.6. The van der Waals surface area contributed by atoms with E-state index in [1.54, 1.807) is 24.1 Å². The number of halogens is 1. The van der Waals surface area contributed by atoms with Gasteiger partial charge in [0.25, 0.3) is 0 Å². The third kappa shape index (κ3) is 7.17. The van der Waals surface area contributed by atoms with Gasteiger partial charge in [0, 0.05) is 25.9 Å². The van der Waals surface area contributed by atoms with Gasteiger partial charge in [0.05, 0.1) is 7.11 Å². The summed E-state index contributed by atoms with van der Waals surface area (Å²) in [6.45, 7) is 2.50. The first-order valence-electron chi connectivity index (χ1n) is 11.5. The fourth-order valence-corrected chi connectivity index (χ4v) is 3.75. The lowest BCUT2D eigenvalue weighted by atomic mass is 10.0. The number of carbonyl (C=O) groups is 2. The van der Waals surface area contributed by atoms with Crippen LogP contribution in [0.2, 0.25) is 0 Å². The molecule has 0 radical (unpaired) electrons. The zero-order valence-corrected chi connectivity index (χ0v) is 19.7. The molecule has 0 heterocycles. The first-order chi connectivity index (χ1) is 16.5. The SMILES string of the molecule is CCCC(=O)N(Cc1ccc(F)cc1)C(Cc1ccccc1)C(=O)NCc1ccc(OC)cc1. The Kier molecular flexibility index (Phi) is 9.21. The van der Waals surface area contributed by atoms with Crippen molar-refractivity contribution < 1.29 is 18.7 Å². The molecule has 0 saturated carbocycles. The van der Waals surface area contributed by atoms with Gasteiger partial charge in [-0.15, -0.1) is 0 Å². The molecule has 1 atom stereocenters. The maximum atomic E-state index is 13.4. The van der Waals surface area contributed by atoms with Gasteiger partial charge < -0.3 is 15.0 Å². The van der Waals surface area contributed by atoms with Gasteiger partial charge in [-0.25, -0.2) is 4.39 Å². The highest BCUT2D eigenvalue weighted by atomic mass is 19.1. The number of nitrogens with one attached hydrogen (secondary N) is 1. The molecule has 0 bridgehead atoms. The minimum absolute atomic E-state index is 0.104. The molecule has 1 unspecified atom stereocenters. The van der Waals surface area contributed by atoms with Gasteiger partial charge in [-0.3, -0.25) is 9.59 Å².